The second-order valence-electron chi connectivity index (χ2n) is 4.54. The molecule has 6 heteroatoms. The zero-order valence-electron chi connectivity index (χ0n) is 10.7. The molecule has 0 bridgehead atoms. The van der Waals surface area contributed by atoms with Gasteiger partial charge in [0.05, 0.1) is 5.69 Å². The number of hydrogen-bond donors (Lipinski definition) is 3. The molecule has 0 spiro atoms. The van der Waals surface area contributed by atoms with Gasteiger partial charge in [0, 0.05) is 30.0 Å². The zero-order chi connectivity index (χ0) is 13.1. The number of rotatable bonds is 4. The van der Waals surface area contributed by atoms with Crippen molar-refractivity contribution in [2.75, 3.05) is 0 Å². The lowest BCUT2D eigenvalue weighted by Crippen LogP contribution is -2.34. The van der Waals surface area contributed by atoms with Crippen LogP contribution in [0.25, 0.3) is 0 Å². The molecule has 2 aromatic rings. The fourth-order valence-corrected chi connectivity index (χ4v) is 1.76. The van der Waals surface area contributed by atoms with Gasteiger partial charge < -0.3 is 10.3 Å². The minimum Gasteiger partial charge on any atom is -0.347 e. The molecular formula is C12H17N5O. The molecule has 1 amide bonds. The maximum Gasteiger partial charge on any atom is 0.287 e. The van der Waals surface area contributed by atoms with Gasteiger partial charge in [-0.3, -0.25) is 9.89 Å². The molecule has 2 heterocycles. The Morgan fingerprint density at radius 1 is 1.44 bits per heavy atom. The largest absolute Gasteiger partial charge is 0.347 e. The number of amides is 1. The Kier molecular flexibility index (Phi) is 3.45. The van der Waals surface area contributed by atoms with Crippen molar-refractivity contribution in [1.82, 2.24) is 25.5 Å². The third-order valence-corrected chi connectivity index (χ3v) is 2.57. The van der Waals surface area contributed by atoms with Gasteiger partial charge in [0.15, 0.2) is 5.82 Å². The molecule has 96 valence electrons. The summed E-state index contributed by atoms with van der Waals surface area (Å²) in [6.07, 6.45) is 2.33. The van der Waals surface area contributed by atoms with E-state index < -0.39 is 0 Å². The van der Waals surface area contributed by atoms with Crippen LogP contribution in [0.15, 0.2) is 12.3 Å². The highest BCUT2D eigenvalue weighted by molar-refractivity contribution is 5.90. The quantitative estimate of drug-likeness (QED) is 0.756. The summed E-state index contributed by atoms with van der Waals surface area (Å²) in [6.45, 7) is 5.75. The minimum atomic E-state index is -0.192. The molecule has 3 N–H and O–H groups in total. The summed E-state index contributed by atoms with van der Waals surface area (Å²) in [4.78, 5) is 18.7. The number of nitrogens with one attached hydrogen (secondary N) is 3. The summed E-state index contributed by atoms with van der Waals surface area (Å²) in [7, 11) is 0. The Morgan fingerprint density at radius 3 is 2.78 bits per heavy atom. The van der Waals surface area contributed by atoms with Crippen LogP contribution in [0.5, 0.6) is 0 Å². The summed E-state index contributed by atoms with van der Waals surface area (Å²) in [5.74, 6) is 0.153. The van der Waals surface area contributed by atoms with Gasteiger partial charge in [-0.1, -0.05) is 0 Å². The topological polar surface area (TPSA) is 86.5 Å². The summed E-state index contributed by atoms with van der Waals surface area (Å²) in [5.41, 5.74) is 2.83. The second-order valence-corrected chi connectivity index (χ2v) is 4.54. The van der Waals surface area contributed by atoms with Gasteiger partial charge in [-0.15, -0.1) is 0 Å². The Morgan fingerprint density at radius 2 is 2.22 bits per heavy atom. The van der Waals surface area contributed by atoms with E-state index in [1.54, 1.807) is 6.20 Å². The molecule has 0 saturated carbocycles. The molecule has 0 aliphatic rings. The van der Waals surface area contributed by atoms with Crippen molar-refractivity contribution in [2.24, 2.45) is 0 Å². The number of carbonyl (C=O) groups excluding carboxylic acids is 1. The van der Waals surface area contributed by atoms with E-state index in [9.17, 15) is 4.79 Å². The van der Waals surface area contributed by atoms with Gasteiger partial charge in [0.2, 0.25) is 0 Å². The van der Waals surface area contributed by atoms with Crippen molar-refractivity contribution >= 4 is 5.91 Å². The van der Waals surface area contributed by atoms with Gasteiger partial charge in [-0.2, -0.15) is 5.10 Å². The summed E-state index contributed by atoms with van der Waals surface area (Å²) in [5, 5.41) is 9.90. The third-order valence-electron chi connectivity index (χ3n) is 2.57. The first kappa shape index (κ1) is 12.3. The summed E-state index contributed by atoms with van der Waals surface area (Å²) >= 11 is 0. The highest BCUT2D eigenvalue weighted by atomic mass is 16.2. The first-order valence-corrected chi connectivity index (χ1v) is 5.88. The fraction of sp³-hybridized carbons (Fsp3) is 0.417. The molecule has 0 aromatic carbocycles. The molecule has 1 unspecified atom stereocenters. The van der Waals surface area contributed by atoms with Gasteiger partial charge in [0.1, 0.15) is 0 Å². The molecule has 2 rings (SSSR count). The number of imidazole rings is 1. The average Bonchev–Trinajstić information content (AvgIpc) is 2.87. The normalized spacial score (nSPS) is 12.4. The van der Waals surface area contributed by atoms with Crippen molar-refractivity contribution in [3.8, 4) is 0 Å². The van der Waals surface area contributed by atoms with Crippen molar-refractivity contribution in [1.29, 1.82) is 0 Å². The number of aryl methyl sites for hydroxylation is 2. The van der Waals surface area contributed by atoms with Crippen LogP contribution in [0.1, 0.15) is 34.6 Å². The number of aromatic amines is 2. The molecule has 0 fully saturated rings. The van der Waals surface area contributed by atoms with Crippen LogP contribution in [0.3, 0.4) is 0 Å². The zero-order valence-corrected chi connectivity index (χ0v) is 10.7. The number of carbonyl (C=O) groups is 1. The lowest BCUT2D eigenvalue weighted by molar-refractivity contribution is 0.0930. The number of nitrogens with zero attached hydrogens (tertiary/aromatic N) is 2. The van der Waals surface area contributed by atoms with Crippen LogP contribution >= 0.6 is 0 Å². The molecular weight excluding hydrogens is 230 g/mol. The summed E-state index contributed by atoms with van der Waals surface area (Å²) < 4.78 is 0. The van der Waals surface area contributed by atoms with Crippen LogP contribution in [0.2, 0.25) is 0 Å². The van der Waals surface area contributed by atoms with Crippen LogP contribution < -0.4 is 5.32 Å². The van der Waals surface area contributed by atoms with E-state index in [1.165, 1.54) is 0 Å². The van der Waals surface area contributed by atoms with E-state index in [-0.39, 0.29) is 11.9 Å². The third kappa shape index (κ3) is 2.97. The predicted octanol–water partition coefficient (Wildman–Crippen LogP) is 1.11. The Bertz CT molecular complexity index is 542. The van der Waals surface area contributed by atoms with Crippen LogP contribution in [-0.4, -0.2) is 32.1 Å². The molecule has 1 atom stereocenters. The van der Waals surface area contributed by atoms with Gasteiger partial charge in [0.25, 0.3) is 5.91 Å². The lowest BCUT2D eigenvalue weighted by atomic mass is 10.2. The van der Waals surface area contributed by atoms with Crippen molar-refractivity contribution in [3.05, 3.63) is 35.2 Å². The van der Waals surface area contributed by atoms with E-state index in [4.69, 9.17) is 0 Å². The maximum absolute atomic E-state index is 11.8. The Hall–Kier alpha value is -2.11. The van der Waals surface area contributed by atoms with E-state index >= 15 is 0 Å². The highest BCUT2D eigenvalue weighted by Gasteiger charge is 2.13. The lowest BCUT2D eigenvalue weighted by Gasteiger charge is -2.11. The number of aromatic nitrogens is 4. The molecule has 2 aromatic heterocycles. The van der Waals surface area contributed by atoms with Gasteiger partial charge in [-0.05, 0) is 26.8 Å². The van der Waals surface area contributed by atoms with Crippen LogP contribution in [0, 0.1) is 13.8 Å². The molecule has 6 nitrogen and oxygen atoms in total. The van der Waals surface area contributed by atoms with Crippen molar-refractivity contribution in [2.45, 2.75) is 33.2 Å². The fourth-order valence-electron chi connectivity index (χ4n) is 1.76. The molecule has 0 radical (unpaired) electrons. The summed E-state index contributed by atoms with van der Waals surface area (Å²) in [6, 6.07) is 1.98. The SMILES string of the molecule is Cc1cc(CC(C)NC(=O)c2ncc(C)[nH]2)n[nH]1. The average molecular weight is 247 g/mol. The smallest absolute Gasteiger partial charge is 0.287 e. The monoisotopic (exact) mass is 247 g/mol. The van der Waals surface area contributed by atoms with Gasteiger partial charge >= 0.3 is 0 Å². The van der Waals surface area contributed by atoms with Crippen LogP contribution in [-0.2, 0) is 6.42 Å². The van der Waals surface area contributed by atoms with Crippen molar-refractivity contribution < 1.29 is 4.79 Å². The molecule has 18 heavy (non-hydrogen) atoms. The number of H-pyrrole nitrogens is 2. The molecule has 0 saturated heterocycles. The second kappa shape index (κ2) is 5.03. The van der Waals surface area contributed by atoms with Crippen LogP contribution in [0.4, 0.5) is 0 Å². The Labute approximate surface area is 105 Å². The van der Waals surface area contributed by atoms with Gasteiger partial charge in [-0.25, -0.2) is 4.98 Å². The van der Waals surface area contributed by atoms with E-state index in [1.807, 2.05) is 26.8 Å². The van der Waals surface area contributed by atoms with Crippen molar-refractivity contribution in [3.63, 3.8) is 0 Å². The predicted molar refractivity (Wildman–Crippen MR) is 67.3 cm³/mol. The molecule has 0 aliphatic carbocycles. The van der Waals surface area contributed by atoms with E-state index in [2.05, 4.69) is 25.5 Å². The maximum atomic E-state index is 11.8. The first-order valence-electron chi connectivity index (χ1n) is 5.88. The standard InChI is InChI=1S/C12H17N5O/c1-7(4-10-5-8(2)16-17-10)15-12(18)11-13-6-9(3)14-11/h5-7H,4H2,1-3H3,(H,13,14)(H,15,18)(H,16,17). The molecule has 0 aliphatic heterocycles. The number of hydrogen-bond acceptors (Lipinski definition) is 3. The van der Waals surface area contributed by atoms with E-state index in [0.717, 1.165) is 17.1 Å². The first-order chi connectivity index (χ1) is 8.54. The minimum absolute atomic E-state index is 0.00519. The Balaban J connectivity index is 1.91. The highest BCUT2D eigenvalue weighted by Crippen LogP contribution is 2.03. The van der Waals surface area contributed by atoms with E-state index in [0.29, 0.717) is 12.2 Å².